The minimum Gasteiger partial charge on any atom is -0.172 e. The lowest BCUT2D eigenvalue weighted by molar-refractivity contribution is 0.266. The summed E-state index contributed by atoms with van der Waals surface area (Å²) in [4.78, 5) is 9.95. The van der Waals surface area contributed by atoms with Gasteiger partial charge in [-0.2, -0.15) is 8.75 Å². The fourth-order valence-corrected chi connectivity index (χ4v) is 13.9. The van der Waals surface area contributed by atoms with Gasteiger partial charge >= 0.3 is 0 Å². The largest absolute Gasteiger partial charge is 0.172 e. The molecule has 0 saturated carbocycles. The van der Waals surface area contributed by atoms with Gasteiger partial charge in [-0.25, -0.2) is 0 Å². The van der Waals surface area contributed by atoms with Gasteiger partial charge in [-0.1, -0.05) is 117 Å². The number of aryl methyl sites for hydroxylation is 1. The maximum atomic E-state index is 4.98. The molecule has 0 bridgehead atoms. The number of hydrogen-bond acceptors (Lipinski definition) is 7. The van der Waals surface area contributed by atoms with E-state index in [1.807, 2.05) is 45.3 Å². The molecule has 2 atom stereocenters. The lowest BCUT2D eigenvalue weighted by Crippen LogP contribution is -2.31. The van der Waals surface area contributed by atoms with Gasteiger partial charge in [0.05, 0.1) is 11.7 Å². The summed E-state index contributed by atoms with van der Waals surface area (Å²) in [6, 6.07) is 19.1. The van der Waals surface area contributed by atoms with E-state index in [9.17, 15) is 0 Å². The molecule has 7 rings (SSSR count). The minimum absolute atomic E-state index is 0.103. The summed E-state index contributed by atoms with van der Waals surface area (Å²) in [6.07, 6.45) is 19.5. The molecule has 0 spiro atoms. The van der Waals surface area contributed by atoms with Crippen LogP contribution in [0, 0.1) is 11.8 Å². The minimum atomic E-state index is 0.103. The molecule has 2 nitrogen and oxygen atoms in total. The standard InChI is InChI=1S/C45H56N2S5/c1-6-11-14-15-18-32-19-22-38(49-32)39-24-23-37(50-39)33-20-21-34(42-41(33)46-52-47-42)40-27-36-44(51-40)43-35(25-26-48-43)45(36,28-30(9-4)16-12-7-2)29-31(10-5)17-13-8-3/h19-27,30-31H,6-18,28-29H2,1-5H3. The zero-order chi connectivity index (χ0) is 36.1. The first kappa shape index (κ1) is 38.1. The normalized spacial score (nSPS) is 16.5. The van der Waals surface area contributed by atoms with Gasteiger partial charge in [0, 0.05) is 50.7 Å². The van der Waals surface area contributed by atoms with Crippen molar-refractivity contribution in [2.45, 2.75) is 136 Å². The van der Waals surface area contributed by atoms with Crippen LogP contribution in [0.2, 0.25) is 0 Å². The first-order valence-corrected chi connectivity index (χ1v) is 24.3. The van der Waals surface area contributed by atoms with Crippen LogP contribution in [-0.4, -0.2) is 8.75 Å². The summed E-state index contributed by atoms with van der Waals surface area (Å²) in [7, 11) is 0. The van der Waals surface area contributed by atoms with Crippen LogP contribution in [0.15, 0.2) is 53.9 Å². The van der Waals surface area contributed by atoms with Gasteiger partial charge in [0.2, 0.25) is 0 Å². The molecule has 5 aromatic heterocycles. The monoisotopic (exact) mass is 784 g/mol. The molecule has 0 N–H and O–H groups in total. The van der Waals surface area contributed by atoms with Crippen LogP contribution in [0.4, 0.5) is 0 Å². The van der Waals surface area contributed by atoms with Crippen LogP contribution in [-0.2, 0) is 11.8 Å². The topological polar surface area (TPSA) is 25.8 Å². The molecular weight excluding hydrogens is 729 g/mol. The van der Waals surface area contributed by atoms with Crippen LogP contribution in [0.5, 0.6) is 0 Å². The number of rotatable bonds is 20. The van der Waals surface area contributed by atoms with Gasteiger partial charge in [0.25, 0.3) is 0 Å². The number of benzene rings is 1. The summed E-state index contributed by atoms with van der Waals surface area (Å²) >= 11 is 9.20. The van der Waals surface area contributed by atoms with Crippen molar-refractivity contribution in [1.82, 2.24) is 8.75 Å². The molecule has 0 fully saturated rings. The number of unbranched alkanes of at least 4 members (excludes halogenated alkanes) is 5. The van der Waals surface area contributed by atoms with E-state index in [4.69, 9.17) is 8.75 Å². The quantitative estimate of drug-likeness (QED) is 0.0721. The Bertz CT molecular complexity index is 2020. The van der Waals surface area contributed by atoms with Crippen molar-refractivity contribution in [1.29, 1.82) is 0 Å². The van der Waals surface area contributed by atoms with Crippen LogP contribution in [0.3, 0.4) is 0 Å². The SMILES string of the molecule is CCCCCCc1ccc(-c2ccc(-c3ccc(-c4cc5c(s4)-c4sccc4C5(CC(CC)CCCC)CC(CC)CCCC)c4nsnc34)s2)s1. The van der Waals surface area contributed by atoms with E-state index in [0.29, 0.717) is 0 Å². The van der Waals surface area contributed by atoms with E-state index < -0.39 is 0 Å². The fourth-order valence-electron chi connectivity index (χ4n) is 8.70. The summed E-state index contributed by atoms with van der Waals surface area (Å²) in [6.45, 7) is 11.9. The Balaban J connectivity index is 1.23. The van der Waals surface area contributed by atoms with Gasteiger partial charge in [-0.05, 0) is 90.4 Å². The van der Waals surface area contributed by atoms with Gasteiger partial charge in [-0.3, -0.25) is 0 Å². The third kappa shape index (κ3) is 7.69. The number of fused-ring (bicyclic) bond motifs is 4. The first-order valence-electron chi connectivity index (χ1n) is 20.2. The highest BCUT2D eigenvalue weighted by Crippen LogP contribution is 2.61. The molecule has 1 aliphatic carbocycles. The Kier molecular flexibility index (Phi) is 12.9. The van der Waals surface area contributed by atoms with Crippen molar-refractivity contribution >= 4 is 68.1 Å². The molecule has 1 aliphatic rings. The number of thiophene rings is 4. The third-order valence-corrected chi connectivity index (χ3v) is 17.0. The van der Waals surface area contributed by atoms with E-state index in [1.165, 1.54) is 153 Å². The zero-order valence-corrected chi connectivity index (χ0v) is 36.0. The second-order valence-electron chi connectivity index (χ2n) is 15.2. The lowest BCUT2D eigenvalue weighted by Gasteiger charge is -2.37. The molecule has 0 amide bonds. The summed E-state index contributed by atoms with van der Waals surface area (Å²) in [5.74, 6) is 1.50. The van der Waals surface area contributed by atoms with E-state index in [0.717, 1.165) is 22.9 Å². The highest BCUT2D eigenvalue weighted by Gasteiger charge is 2.47. The van der Waals surface area contributed by atoms with E-state index >= 15 is 0 Å². The maximum absolute atomic E-state index is 4.98. The van der Waals surface area contributed by atoms with Gasteiger partial charge in [0.15, 0.2) is 0 Å². The zero-order valence-electron chi connectivity index (χ0n) is 31.9. The third-order valence-electron chi connectivity index (χ3n) is 11.7. The Labute approximate surface area is 333 Å². The van der Waals surface area contributed by atoms with Crippen LogP contribution in [0.25, 0.3) is 51.4 Å². The van der Waals surface area contributed by atoms with Crippen LogP contribution < -0.4 is 0 Å². The lowest BCUT2D eigenvalue weighted by atomic mass is 9.65. The fraction of sp³-hybridized carbons (Fsp3) is 0.511. The van der Waals surface area contributed by atoms with Crippen molar-refractivity contribution in [3.05, 3.63) is 69.9 Å². The number of nitrogens with zero attached hydrogens (tertiary/aromatic N) is 2. The summed E-state index contributed by atoms with van der Waals surface area (Å²) in [5.41, 5.74) is 7.92. The van der Waals surface area contributed by atoms with E-state index in [2.05, 4.69) is 88.5 Å². The Morgan fingerprint density at radius 1 is 0.577 bits per heavy atom. The first-order chi connectivity index (χ1) is 25.5. The highest BCUT2D eigenvalue weighted by atomic mass is 32.1. The van der Waals surface area contributed by atoms with Crippen molar-refractivity contribution in [2.75, 3.05) is 0 Å². The van der Waals surface area contributed by atoms with Gasteiger partial charge in [0.1, 0.15) is 11.0 Å². The van der Waals surface area contributed by atoms with Crippen LogP contribution >= 0.6 is 57.1 Å². The molecule has 0 saturated heterocycles. The average Bonchev–Trinajstić information content (AvgIpc) is 4.01. The Hall–Kier alpha value is -2.16. The molecule has 52 heavy (non-hydrogen) atoms. The Morgan fingerprint density at radius 3 is 1.88 bits per heavy atom. The molecule has 276 valence electrons. The second-order valence-corrected chi connectivity index (χ2v) is 20.0. The number of aromatic nitrogens is 2. The highest BCUT2D eigenvalue weighted by molar-refractivity contribution is 7.24. The summed E-state index contributed by atoms with van der Waals surface area (Å²) < 4.78 is 9.92. The van der Waals surface area contributed by atoms with Gasteiger partial charge in [-0.15, -0.1) is 45.3 Å². The van der Waals surface area contributed by atoms with Crippen molar-refractivity contribution in [3.63, 3.8) is 0 Å². The van der Waals surface area contributed by atoms with Crippen molar-refractivity contribution < 1.29 is 0 Å². The Morgan fingerprint density at radius 2 is 1.21 bits per heavy atom. The average molecular weight is 785 g/mol. The number of hydrogen-bond donors (Lipinski definition) is 0. The molecule has 0 aliphatic heterocycles. The molecule has 6 aromatic rings. The molecular formula is C45H56N2S5. The molecule has 7 heteroatoms. The van der Waals surface area contributed by atoms with E-state index in [-0.39, 0.29) is 5.41 Å². The van der Waals surface area contributed by atoms with Gasteiger partial charge < -0.3 is 0 Å². The van der Waals surface area contributed by atoms with Crippen molar-refractivity contribution in [3.8, 4) is 40.4 Å². The summed E-state index contributed by atoms with van der Waals surface area (Å²) in [5, 5.41) is 2.37. The molecule has 5 heterocycles. The maximum Gasteiger partial charge on any atom is 0.114 e. The molecule has 1 aromatic carbocycles. The predicted octanol–water partition coefficient (Wildman–Crippen LogP) is 16.5. The van der Waals surface area contributed by atoms with Crippen molar-refractivity contribution in [2.24, 2.45) is 11.8 Å². The van der Waals surface area contributed by atoms with E-state index in [1.54, 1.807) is 11.1 Å². The molecule has 2 unspecified atom stereocenters. The predicted molar refractivity (Wildman–Crippen MR) is 235 cm³/mol. The second kappa shape index (κ2) is 17.5. The molecule has 0 radical (unpaired) electrons. The smallest absolute Gasteiger partial charge is 0.114 e. The van der Waals surface area contributed by atoms with Crippen LogP contribution in [0.1, 0.15) is 141 Å².